The summed E-state index contributed by atoms with van der Waals surface area (Å²) in [7, 11) is -2.42. The lowest BCUT2D eigenvalue weighted by Crippen LogP contribution is -2.26. The zero-order chi connectivity index (χ0) is 15.9. The molecule has 0 saturated carbocycles. The molecule has 0 spiro atoms. The summed E-state index contributed by atoms with van der Waals surface area (Å²) >= 11 is 0. The molecule has 0 radical (unpaired) electrons. The van der Waals surface area contributed by atoms with Crippen LogP contribution in [0.4, 0.5) is 13.2 Å². The summed E-state index contributed by atoms with van der Waals surface area (Å²) in [4.78, 5) is -0.0243. The first-order chi connectivity index (χ1) is 9.76. The van der Waals surface area contributed by atoms with Crippen molar-refractivity contribution in [2.24, 2.45) is 0 Å². The number of hydrogen-bond donors (Lipinski definition) is 1. The van der Waals surface area contributed by atoms with Gasteiger partial charge >= 0.3 is 6.18 Å². The monoisotopic (exact) mass is 327 g/mol. The molecule has 1 aromatic carbocycles. The average Bonchev–Trinajstić information content (AvgIpc) is 2.41. The first-order valence-electron chi connectivity index (χ1n) is 6.03. The summed E-state index contributed by atoms with van der Waals surface area (Å²) in [6.07, 6.45) is -4.25. The Hall–Kier alpha value is -1.32. The highest BCUT2D eigenvalue weighted by molar-refractivity contribution is 7.89. The summed E-state index contributed by atoms with van der Waals surface area (Å²) in [5.41, 5.74) is 0. The number of sulfonamides is 1. The Bertz CT molecular complexity index is 546. The van der Waals surface area contributed by atoms with Crippen LogP contribution in [0.25, 0.3) is 0 Å². The van der Waals surface area contributed by atoms with E-state index in [2.05, 4.69) is 9.46 Å². The van der Waals surface area contributed by atoms with E-state index in [0.717, 1.165) is 0 Å². The van der Waals surface area contributed by atoms with Crippen molar-refractivity contribution in [3.63, 3.8) is 0 Å². The molecule has 0 aliphatic carbocycles. The third-order valence-electron chi connectivity index (χ3n) is 2.38. The van der Waals surface area contributed by atoms with Gasteiger partial charge in [0.2, 0.25) is 10.0 Å². The number of nitrogens with one attached hydrogen (secondary N) is 1. The number of ether oxygens (including phenoxy) is 2. The van der Waals surface area contributed by atoms with Gasteiger partial charge in [0.25, 0.3) is 0 Å². The maximum Gasteiger partial charge on any atom is 0.411 e. The van der Waals surface area contributed by atoms with Crippen LogP contribution in [0, 0.1) is 0 Å². The minimum absolute atomic E-state index is 0.0243. The van der Waals surface area contributed by atoms with Gasteiger partial charge in [-0.1, -0.05) is 12.1 Å². The first kappa shape index (κ1) is 17.7. The predicted molar refractivity (Wildman–Crippen MR) is 69.7 cm³/mol. The van der Waals surface area contributed by atoms with Crippen LogP contribution in [0.15, 0.2) is 29.2 Å². The molecule has 9 heteroatoms. The maximum absolute atomic E-state index is 12.0. The van der Waals surface area contributed by atoms with Crippen molar-refractivity contribution >= 4 is 10.0 Å². The standard InChI is InChI=1S/C12H16F3NO4S/c1-19-10-5-2-3-6-11(10)21(17,18)16-7-4-8-20-9-12(13,14)15/h2-3,5-6,16H,4,7-9H2,1H3. The van der Waals surface area contributed by atoms with Crippen molar-refractivity contribution in [3.05, 3.63) is 24.3 Å². The van der Waals surface area contributed by atoms with Crippen molar-refractivity contribution in [2.75, 3.05) is 26.9 Å². The molecule has 0 fully saturated rings. The van der Waals surface area contributed by atoms with Gasteiger partial charge in [-0.2, -0.15) is 13.2 Å². The molecule has 1 rings (SSSR count). The molecule has 5 nitrogen and oxygen atoms in total. The van der Waals surface area contributed by atoms with Crippen LogP contribution in [0.2, 0.25) is 0 Å². The van der Waals surface area contributed by atoms with Crippen molar-refractivity contribution in [2.45, 2.75) is 17.5 Å². The van der Waals surface area contributed by atoms with Crippen LogP contribution in [0.1, 0.15) is 6.42 Å². The fourth-order valence-corrected chi connectivity index (χ4v) is 2.73. The van der Waals surface area contributed by atoms with Crippen molar-refractivity contribution < 1.29 is 31.1 Å². The molecule has 0 aliphatic heterocycles. The van der Waals surface area contributed by atoms with Crippen LogP contribution >= 0.6 is 0 Å². The molecule has 0 bridgehead atoms. The number of rotatable bonds is 8. The second kappa shape index (κ2) is 7.62. The molecule has 120 valence electrons. The second-order valence-corrected chi connectivity index (χ2v) is 5.81. The number of alkyl halides is 3. The Morgan fingerprint density at radius 1 is 1.24 bits per heavy atom. The quantitative estimate of drug-likeness (QED) is 0.741. The van der Waals surface area contributed by atoms with E-state index < -0.39 is 22.8 Å². The summed E-state index contributed by atoms with van der Waals surface area (Å²) in [6.45, 7) is -1.56. The lowest BCUT2D eigenvalue weighted by atomic mass is 10.3. The molecule has 1 N–H and O–H groups in total. The molecular formula is C12H16F3NO4S. The number of hydrogen-bond acceptors (Lipinski definition) is 4. The average molecular weight is 327 g/mol. The van der Waals surface area contributed by atoms with Gasteiger partial charge < -0.3 is 9.47 Å². The zero-order valence-corrected chi connectivity index (χ0v) is 12.1. The Balaban J connectivity index is 2.44. The number of benzene rings is 1. The lowest BCUT2D eigenvalue weighted by molar-refractivity contribution is -0.173. The number of halogens is 3. The van der Waals surface area contributed by atoms with Crippen molar-refractivity contribution in [1.82, 2.24) is 4.72 Å². The fourth-order valence-electron chi connectivity index (χ4n) is 1.49. The van der Waals surface area contributed by atoms with Gasteiger partial charge in [-0.05, 0) is 18.6 Å². The summed E-state index contributed by atoms with van der Waals surface area (Å²) in [6, 6.07) is 6.05. The highest BCUT2D eigenvalue weighted by Crippen LogP contribution is 2.22. The molecule has 0 aliphatic rings. The van der Waals surface area contributed by atoms with Crippen LogP contribution in [0.5, 0.6) is 5.75 Å². The molecule has 0 heterocycles. The predicted octanol–water partition coefficient (Wildman–Crippen LogP) is 1.94. The second-order valence-electron chi connectivity index (χ2n) is 4.07. The van der Waals surface area contributed by atoms with E-state index in [9.17, 15) is 21.6 Å². The van der Waals surface area contributed by atoms with Gasteiger partial charge in [0.1, 0.15) is 17.3 Å². The third-order valence-corrected chi connectivity index (χ3v) is 3.88. The van der Waals surface area contributed by atoms with E-state index in [1.807, 2.05) is 0 Å². The Morgan fingerprint density at radius 2 is 1.90 bits per heavy atom. The zero-order valence-electron chi connectivity index (χ0n) is 11.3. The van der Waals surface area contributed by atoms with Crippen LogP contribution < -0.4 is 9.46 Å². The van der Waals surface area contributed by atoms with Gasteiger partial charge in [0, 0.05) is 13.2 Å². The highest BCUT2D eigenvalue weighted by Gasteiger charge is 2.27. The van der Waals surface area contributed by atoms with Crippen LogP contribution in [0.3, 0.4) is 0 Å². The smallest absolute Gasteiger partial charge is 0.411 e. The minimum atomic E-state index is -4.38. The first-order valence-corrected chi connectivity index (χ1v) is 7.52. The van der Waals surface area contributed by atoms with Crippen LogP contribution in [-0.2, 0) is 14.8 Å². The van der Waals surface area contributed by atoms with E-state index in [-0.39, 0.29) is 30.2 Å². The molecule has 0 amide bonds. The topological polar surface area (TPSA) is 64.6 Å². The summed E-state index contributed by atoms with van der Waals surface area (Å²) < 4.78 is 71.0. The largest absolute Gasteiger partial charge is 0.495 e. The molecule has 21 heavy (non-hydrogen) atoms. The number of methoxy groups -OCH3 is 1. The van der Waals surface area contributed by atoms with E-state index in [0.29, 0.717) is 0 Å². The Kier molecular flexibility index (Phi) is 6.43. The maximum atomic E-state index is 12.0. The van der Waals surface area contributed by atoms with Gasteiger partial charge in [-0.25, -0.2) is 13.1 Å². The normalized spacial score (nSPS) is 12.4. The van der Waals surface area contributed by atoms with Gasteiger partial charge in [-0.3, -0.25) is 0 Å². The highest BCUT2D eigenvalue weighted by atomic mass is 32.2. The molecule has 0 saturated heterocycles. The molecule has 0 unspecified atom stereocenters. The fraction of sp³-hybridized carbons (Fsp3) is 0.500. The van der Waals surface area contributed by atoms with Gasteiger partial charge in [0.05, 0.1) is 7.11 Å². The van der Waals surface area contributed by atoms with Crippen molar-refractivity contribution in [1.29, 1.82) is 0 Å². The van der Waals surface area contributed by atoms with Crippen molar-refractivity contribution in [3.8, 4) is 5.75 Å². The van der Waals surface area contributed by atoms with E-state index >= 15 is 0 Å². The van der Waals surface area contributed by atoms with E-state index in [1.165, 1.54) is 19.2 Å². The summed E-state index contributed by atoms with van der Waals surface area (Å²) in [5.74, 6) is 0.193. The molecular weight excluding hydrogens is 311 g/mol. The molecule has 0 atom stereocenters. The number of para-hydroxylation sites is 1. The molecule has 0 aromatic heterocycles. The van der Waals surface area contributed by atoms with E-state index in [4.69, 9.17) is 4.74 Å². The Morgan fingerprint density at radius 3 is 2.52 bits per heavy atom. The summed E-state index contributed by atoms with van der Waals surface area (Å²) in [5, 5.41) is 0. The lowest BCUT2D eigenvalue weighted by Gasteiger charge is -2.11. The Labute approximate surface area is 121 Å². The van der Waals surface area contributed by atoms with E-state index in [1.54, 1.807) is 12.1 Å². The molecule has 1 aromatic rings. The van der Waals surface area contributed by atoms with Gasteiger partial charge in [0.15, 0.2) is 0 Å². The minimum Gasteiger partial charge on any atom is -0.495 e. The SMILES string of the molecule is COc1ccccc1S(=O)(=O)NCCCOCC(F)(F)F. The third kappa shape index (κ3) is 6.32. The van der Waals surface area contributed by atoms with Crippen LogP contribution in [-0.4, -0.2) is 41.5 Å². The van der Waals surface area contributed by atoms with Gasteiger partial charge in [-0.15, -0.1) is 0 Å².